The van der Waals surface area contributed by atoms with E-state index in [-0.39, 0.29) is 11.6 Å². The molecule has 0 aliphatic rings. The van der Waals surface area contributed by atoms with Crippen molar-refractivity contribution in [3.05, 3.63) is 44.6 Å². The van der Waals surface area contributed by atoms with Crippen LogP contribution < -0.4 is 10.1 Å². The van der Waals surface area contributed by atoms with E-state index in [0.29, 0.717) is 19.0 Å². The van der Waals surface area contributed by atoms with E-state index in [4.69, 9.17) is 4.74 Å². The zero-order valence-electron chi connectivity index (χ0n) is 11.0. The highest BCUT2D eigenvalue weighted by Crippen LogP contribution is 2.23. The number of nitrogens with zero attached hydrogens (tertiary/aromatic N) is 2. The maximum atomic E-state index is 10.9. The zero-order valence-corrected chi connectivity index (χ0v) is 11.9. The molecule has 0 aliphatic heterocycles. The van der Waals surface area contributed by atoms with E-state index in [1.807, 2.05) is 24.4 Å². The van der Waals surface area contributed by atoms with Crippen molar-refractivity contribution < 1.29 is 9.66 Å². The summed E-state index contributed by atoms with van der Waals surface area (Å²) < 4.78 is 5.52. The summed E-state index contributed by atoms with van der Waals surface area (Å²) in [6.07, 6.45) is 0.912. The standard InChI is InChI=1S/C13H15N3O3S/c1-2-5-14-12-7-10(16(17)18)8-13(15-12)19-9-11-4-3-6-20-11/h3-4,6-8H,2,5,9H2,1H3,(H,14,15). The first kappa shape index (κ1) is 14.3. The quantitative estimate of drug-likeness (QED) is 0.625. The minimum absolute atomic E-state index is 0.0280. The van der Waals surface area contributed by atoms with Crippen molar-refractivity contribution in [2.24, 2.45) is 0 Å². The van der Waals surface area contributed by atoms with Gasteiger partial charge in [0.25, 0.3) is 5.69 Å². The molecule has 0 fully saturated rings. The molecule has 2 aromatic heterocycles. The first-order valence-corrected chi connectivity index (χ1v) is 7.12. The second-order valence-corrected chi connectivity index (χ2v) is 5.13. The highest BCUT2D eigenvalue weighted by molar-refractivity contribution is 7.09. The second-order valence-electron chi connectivity index (χ2n) is 4.10. The second kappa shape index (κ2) is 6.85. The van der Waals surface area contributed by atoms with Gasteiger partial charge in [-0.25, -0.2) is 0 Å². The number of rotatable bonds is 7. The summed E-state index contributed by atoms with van der Waals surface area (Å²) in [4.78, 5) is 15.7. The van der Waals surface area contributed by atoms with Crippen molar-refractivity contribution in [2.75, 3.05) is 11.9 Å². The highest BCUT2D eigenvalue weighted by Gasteiger charge is 2.12. The lowest BCUT2D eigenvalue weighted by molar-refractivity contribution is -0.384. The van der Waals surface area contributed by atoms with Crippen LogP contribution in [0.5, 0.6) is 5.88 Å². The van der Waals surface area contributed by atoms with Gasteiger partial charge < -0.3 is 10.1 Å². The van der Waals surface area contributed by atoms with Gasteiger partial charge in [-0.1, -0.05) is 13.0 Å². The van der Waals surface area contributed by atoms with Gasteiger partial charge in [0.2, 0.25) is 5.88 Å². The summed E-state index contributed by atoms with van der Waals surface area (Å²) in [6.45, 7) is 3.08. The zero-order chi connectivity index (χ0) is 14.4. The van der Waals surface area contributed by atoms with Crippen molar-refractivity contribution in [1.82, 2.24) is 4.98 Å². The molecule has 0 aliphatic carbocycles. The van der Waals surface area contributed by atoms with Crippen LogP contribution in [0.3, 0.4) is 0 Å². The molecular weight excluding hydrogens is 278 g/mol. The highest BCUT2D eigenvalue weighted by atomic mass is 32.1. The van der Waals surface area contributed by atoms with Crippen LogP contribution in [0.4, 0.5) is 11.5 Å². The third kappa shape index (κ3) is 3.92. The summed E-state index contributed by atoms with van der Waals surface area (Å²) in [5.74, 6) is 0.716. The molecule has 0 unspecified atom stereocenters. The van der Waals surface area contributed by atoms with Crippen LogP contribution in [0.1, 0.15) is 18.2 Å². The van der Waals surface area contributed by atoms with Gasteiger partial charge in [0.15, 0.2) is 0 Å². The molecule has 7 heteroatoms. The largest absolute Gasteiger partial charge is 0.472 e. The van der Waals surface area contributed by atoms with Crippen LogP contribution in [0.2, 0.25) is 0 Å². The molecule has 0 amide bonds. The Bertz CT molecular complexity index is 572. The number of anilines is 1. The number of nitro groups is 1. The Labute approximate surface area is 120 Å². The fraction of sp³-hybridized carbons (Fsp3) is 0.308. The number of aromatic nitrogens is 1. The van der Waals surface area contributed by atoms with Crippen molar-refractivity contribution in [1.29, 1.82) is 0 Å². The monoisotopic (exact) mass is 293 g/mol. The molecule has 20 heavy (non-hydrogen) atoms. The summed E-state index contributed by atoms with van der Waals surface area (Å²) >= 11 is 1.57. The SMILES string of the molecule is CCCNc1cc([N+](=O)[O-])cc(OCc2cccs2)n1. The average Bonchev–Trinajstić information content (AvgIpc) is 2.96. The molecule has 6 nitrogen and oxygen atoms in total. The molecule has 2 aromatic rings. The Morgan fingerprint density at radius 2 is 2.35 bits per heavy atom. The molecule has 2 heterocycles. The molecule has 0 saturated heterocycles. The minimum Gasteiger partial charge on any atom is -0.472 e. The van der Waals surface area contributed by atoms with Crippen molar-refractivity contribution in [2.45, 2.75) is 20.0 Å². The van der Waals surface area contributed by atoms with Gasteiger partial charge >= 0.3 is 0 Å². The molecule has 1 N–H and O–H groups in total. The predicted molar refractivity (Wildman–Crippen MR) is 78.3 cm³/mol. The molecule has 0 spiro atoms. The van der Waals surface area contributed by atoms with Crippen LogP contribution in [0, 0.1) is 10.1 Å². The minimum atomic E-state index is -0.448. The Morgan fingerprint density at radius 1 is 1.50 bits per heavy atom. The smallest absolute Gasteiger partial charge is 0.278 e. The van der Waals surface area contributed by atoms with Crippen molar-refractivity contribution in [3.8, 4) is 5.88 Å². The lowest BCUT2D eigenvalue weighted by Crippen LogP contribution is -2.04. The Balaban J connectivity index is 2.13. The molecule has 0 aromatic carbocycles. The van der Waals surface area contributed by atoms with E-state index in [9.17, 15) is 10.1 Å². The third-order valence-corrected chi connectivity index (χ3v) is 3.35. The van der Waals surface area contributed by atoms with Crippen LogP contribution in [0.15, 0.2) is 29.6 Å². The third-order valence-electron chi connectivity index (χ3n) is 2.50. The predicted octanol–water partition coefficient (Wildman–Crippen LogP) is 3.45. The fourth-order valence-corrected chi connectivity index (χ4v) is 2.17. The lowest BCUT2D eigenvalue weighted by Gasteiger charge is -2.07. The number of ether oxygens (including phenoxy) is 1. The topological polar surface area (TPSA) is 77.3 Å². The Morgan fingerprint density at radius 3 is 3.00 bits per heavy atom. The molecule has 2 rings (SSSR count). The maximum Gasteiger partial charge on any atom is 0.278 e. The summed E-state index contributed by atoms with van der Waals surface area (Å²) in [5.41, 5.74) is -0.0280. The van der Waals surface area contributed by atoms with Gasteiger partial charge in [-0.2, -0.15) is 4.98 Å². The van der Waals surface area contributed by atoms with E-state index in [2.05, 4.69) is 10.3 Å². The molecular formula is C13H15N3O3S. The fourth-order valence-electron chi connectivity index (χ4n) is 1.55. The molecule has 106 valence electrons. The number of hydrogen-bond acceptors (Lipinski definition) is 6. The first-order valence-electron chi connectivity index (χ1n) is 6.24. The summed E-state index contributed by atoms with van der Waals surface area (Å²) in [7, 11) is 0. The van der Waals surface area contributed by atoms with Gasteiger partial charge in [0, 0.05) is 11.4 Å². The van der Waals surface area contributed by atoms with Gasteiger partial charge in [0.1, 0.15) is 12.4 Å². The van der Waals surface area contributed by atoms with E-state index >= 15 is 0 Å². The van der Waals surface area contributed by atoms with Gasteiger partial charge in [-0.3, -0.25) is 10.1 Å². The average molecular weight is 293 g/mol. The summed E-state index contributed by atoms with van der Waals surface area (Å²) in [5, 5.41) is 15.9. The van der Waals surface area contributed by atoms with E-state index < -0.39 is 4.92 Å². The van der Waals surface area contributed by atoms with E-state index in [1.165, 1.54) is 12.1 Å². The van der Waals surface area contributed by atoms with Crippen LogP contribution >= 0.6 is 11.3 Å². The molecule has 0 radical (unpaired) electrons. The van der Waals surface area contributed by atoms with Crippen LogP contribution in [0.25, 0.3) is 0 Å². The number of pyridine rings is 1. The Kier molecular flexibility index (Phi) is 4.89. The van der Waals surface area contributed by atoms with Crippen LogP contribution in [-0.2, 0) is 6.61 Å². The maximum absolute atomic E-state index is 10.9. The van der Waals surface area contributed by atoms with Gasteiger partial charge in [0.05, 0.1) is 17.1 Å². The molecule has 0 saturated carbocycles. The van der Waals surface area contributed by atoms with Crippen molar-refractivity contribution >= 4 is 22.8 Å². The molecule has 0 atom stereocenters. The Hall–Kier alpha value is -2.15. The number of nitrogens with one attached hydrogen (secondary N) is 1. The van der Waals surface area contributed by atoms with E-state index in [0.717, 1.165) is 11.3 Å². The molecule has 0 bridgehead atoms. The lowest BCUT2D eigenvalue weighted by atomic mass is 10.3. The van der Waals surface area contributed by atoms with Gasteiger partial charge in [-0.05, 0) is 17.9 Å². The first-order chi connectivity index (χ1) is 9.69. The summed E-state index contributed by atoms with van der Waals surface area (Å²) in [6, 6.07) is 6.62. The van der Waals surface area contributed by atoms with Crippen molar-refractivity contribution in [3.63, 3.8) is 0 Å². The number of thiophene rings is 1. The normalized spacial score (nSPS) is 10.2. The number of hydrogen-bond donors (Lipinski definition) is 1. The van der Waals surface area contributed by atoms with Crippen LogP contribution in [-0.4, -0.2) is 16.5 Å². The van der Waals surface area contributed by atoms with Gasteiger partial charge in [-0.15, -0.1) is 11.3 Å². The van der Waals surface area contributed by atoms with E-state index in [1.54, 1.807) is 11.3 Å².